The van der Waals surface area contributed by atoms with Gasteiger partial charge >= 0.3 is 0 Å². The number of benzene rings is 1. The molecule has 0 aromatic heterocycles. The first-order valence-electron chi connectivity index (χ1n) is 5.26. The van der Waals surface area contributed by atoms with E-state index in [1.165, 1.54) is 0 Å². The van der Waals surface area contributed by atoms with E-state index >= 15 is 0 Å². The molecule has 1 aromatic carbocycles. The molecule has 0 aliphatic heterocycles. The van der Waals surface area contributed by atoms with E-state index in [0.717, 1.165) is 11.4 Å². The molecule has 0 atom stereocenters. The Morgan fingerprint density at radius 3 is 2.56 bits per heavy atom. The molecule has 1 amide bonds. The Bertz CT molecular complexity index is 324. The molecule has 1 rings (SSSR count). The maximum absolute atomic E-state index is 11.8. The predicted molar refractivity (Wildman–Crippen MR) is 61.4 cm³/mol. The van der Waals surface area contributed by atoms with Gasteiger partial charge in [-0.05, 0) is 37.1 Å². The molecule has 0 saturated carbocycles. The Labute approximate surface area is 94.6 Å². The first kappa shape index (κ1) is 12.5. The second kappa shape index (κ2) is 6.82. The monoisotopic (exact) mass is 225 g/mol. The summed E-state index contributed by atoms with van der Waals surface area (Å²) < 4.78 is 16.8. The molecule has 0 heterocycles. The van der Waals surface area contributed by atoms with Crippen molar-refractivity contribution in [2.24, 2.45) is 0 Å². The fourth-order valence-electron chi connectivity index (χ4n) is 1.28. The summed E-state index contributed by atoms with van der Waals surface area (Å²) in [6.45, 7) is -0.365. The number of nitrogens with one attached hydrogen (secondary N) is 1. The van der Waals surface area contributed by atoms with Crippen molar-refractivity contribution >= 4 is 11.6 Å². The quantitative estimate of drug-likeness (QED) is 0.756. The van der Waals surface area contributed by atoms with E-state index in [1.807, 2.05) is 0 Å². The lowest BCUT2D eigenvalue weighted by molar-refractivity contribution is -0.116. The molecule has 0 saturated heterocycles. The lowest BCUT2D eigenvalue weighted by Gasteiger charge is -2.05. The van der Waals surface area contributed by atoms with E-state index < -0.39 is 0 Å². The Morgan fingerprint density at radius 1 is 1.31 bits per heavy atom. The van der Waals surface area contributed by atoms with Crippen molar-refractivity contribution in [3.63, 3.8) is 0 Å². The van der Waals surface area contributed by atoms with Crippen LogP contribution in [0.4, 0.5) is 10.1 Å². The van der Waals surface area contributed by atoms with Gasteiger partial charge in [-0.15, -0.1) is 0 Å². The topological polar surface area (TPSA) is 38.3 Å². The number of hydrogen-bond donors (Lipinski definition) is 1. The van der Waals surface area contributed by atoms with Crippen LogP contribution in [0.1, 0.15) is 19.3 Å². The normalized spacial score (nSPS) is 9.88. The zero-order chi connectivity index (χ0) is 11.8. The number of unbranched alkanes of at least 4 members (excludes halogenated alkanes) is 1. The number of carbonyl (C=O) groups excluding carboxylic acids is 1. The van der Waals surface area contributed by atoms with Crippen molar-refractivity contribution in [3.05, 3.63) is 24.3 Å². The molecule has 0 aliphatic carbocycles. The van der Waals surface area contributed by atoms with Crippen molar-refractivity contribution in [1.29, 1.82) is 0 Å². The fourth-order valence-corrected chi connectivity index (χ4v) is 1.28. The minimum absolute atomic E-state index is 0.0846. The van der Waals surface area contributed by atoms with Gasteiger partial charge in [-0.3, -0.25) is 9.18 Å². The summed E-state index contributed by atoms with van der Waals surface area (Å²) in [6.07, 6.45) is 1.38. The van der Waals surface area contributed by atoms with Gasteiger partial charge in [0, 0.05) is 12.1 Å². The highest BCUT2D eigenvalue weighted by Gasteiger charge is 2.02. The standard InChI is InChI=1S/C12H16FNO2/c1-16-11-7-5-10(6-8-11)14-12(15)4-2-3-9-13/h5-8H,2-4,9H2,1H3,(H,14,15). The third-order valence-corrected chi connectivity index (χ3v) is 2.16. The lowest BCUT2D eigenvalue weighted by Crippen LogP contribution is -2.10. The summed E-state index contributed by atoms with van der Waals surface area (Å²) in [5.74, 6) is 0.661. The number of amides is 1. The third-order valence-electron chi connectivity index (χ3n) is 2.16. The van der Waals surface area contributed by atoms with Gasteiger partial charge in [-0.25, -0.2) is 0 Å². The average Bonchev–Trinajstić information content (AvgIpc) is 2.30. The minimum atomic E-state index is -0.365. The number of anilines is 1. The highest BCUT2D eigenvalue weighted by atomic mass is 19.1. The molecule has 1 aromatic rings. The van der Waals surface area contributed by atoms with Crippen LogP contribution >= 0.6 is 0 Å². The predicted octanol–water partition coefficient (Wildman–Crippen LogP) is 2.77. The number of rotatable bonds is 6. The second-order valence-corrected chi connectivity index (χ2v) is 3.42. The van der Waals surface area contributed by atoms with Gasteiger partial charge in [-0.1, -0.05) is 0 Å². The first-order valence-corrected chi connectivity index (χ1v) is 5.26. The van der Waals surface area contributed by atoms with Crippen LogP contribution < -0.4 is 10.1 Å². The van der Waals surface area contributed by atoms with Crippen LogP contribution in [0, 0.1) is 0 Å². The van der Waals surface area contributed by atoms with Gasteiger partial charge in [0.2, 0.25) is 5.91 Å². The van der Waals surface area contributed by atoms with Crippen LogP contribution in [0.3, 0.4) is 0 Å². The molecule has 0 bridgehead atoms. The average molecular weight is 225 g/mol. The molecule has 0 radical (unpaired) electrons. The van der Waals surface area contributed by atoms with Crippen molar-refractivity contribution in [1.82, 2.24) is 0 Å². The van der Waals surface area contributed by atoms with Gasteiger partial charge < -0.3 is 10.1 Å². The highest BCUT2D eigenvalue weighted by Crippen LogP contribution is 2.15. The number of halogens is 1. The van der Waals surface area contributed by atoms with E-state index in [2.05, 4.69) is 5.32 Å². The molecule has 3 nitrogen and oxygen atoms in total. The largest absolute Gasteiger partial charge is 0.497 e. The lowest BCUT2D eigenvalue weighted by atomic mass is 10.2. The molecule has 0 spiro atoms. The number of hydrogen-bond acceptors (Lipinski definition) is 2. The van der Waals surface area contributed by atoms with Crippen LogP contribution in [0.25, 0.3) is 0 Å². The van der Waals surface area contributed by atoms with E-state index in [1.54, 1.807) is 31.4 Å². The zero-order valence-corrected chi connectivity index (χ0v) is 9.33. The van der Waals surface area contributed by atoms with E-state index in [0.29, 0.717) is 19.3 Å². The summed E-state index contributed by atoms with van der Waals surface area (Å²) in [7, 11) is 1.59. The summed E-state index contributed by atoms with van der Waals surface area (Å²) >= 11 is 0. The number of ether oxygens (including phenoxy) is 1. The molecule has 88 valence electrons. The molecule has 0 unspecified atom stereocenters. The van der Waals surface area contributed by atoms with Gasteiger partial charge in [0.05, 0.1) is 13.8 Å². The number of methoxy groups -OCH3 is 1. The Kier molecular flexibility index (Phi) is 5.32. The van der Waals surface area contributed by atoms with Crippen LogP contribution in [-0.2, 0) is 4.79 Å². The zero-order valence-electron chi connectivity index (χ0n) is 9.33. The van der Waals surface area contributed by atoms with Crippen molar-refractivity contribution in [3.8, 4) is 5.75 Å². The molecule has 1 N–H and O–H groups in total. The maximum Gasteiger partial charge on any atom is 0.224 e. The molecule has 16 heavy (non-hydrogen) atoms. The van der Waals surface area contributed by atoms with Crippen molar-refractivity contribution < 1.29 is 13.9 Å². The summed E-state index contributed by atoms with van der Waals surface area (Å²) in [6, 6.07) is 7.09. The van der Waals surface area contributed by atoms with Gasteiger partial charge in [-0.2, -0.15) is 0 Å². The summed E-state index contributed by atoms with van der Waals surface area (Å²) in [5.41, 5.74) is 0.728. The van der Waals surface area contributed by atoms with Crippen molar-refractivity contribution in [2.45, 2.75) is 19.3 Å². The van der Waals surface area contributed by atoms with Crippen molar-refractivity contribution in [2.75, 3.05) is 19.1 Å². The van der Waals surface area contributed by atoms with Crippen LogP contribution in [0.5, 0.6) is 5.75 Å². The van der Waals surface area contributed by atoms with E-state index in [-0.39, 0.29) is 12.6 Å². The highest BCUT2D eigenvalue weighted by molar-refractivity contribution is 5.90. The molecule has 0 fully saturated rings. The number of carbonyl (C=O) groups is 1. The smallest absolute Gasteiger partial charge is 0.224 e. The molecular weight excluding hydrogens is 209 g/mol. The van der Waals surface area contributed by atoms with E-state index in [9.17, 15) is 9.18 Å². The maximum atomic E-state index is 11.8. The van der Waals surface area contributed by atoms with Crippen LogP contribution in [0.15, 0.2) is 24.3 Å². The SMILES string of the molecule is COc1ccc(NC(=O)CCCCF)cc1. The van der Waals surface area contributed by atoms with Gasteiger partial charge in [0.15, 0.2) is 0 Å². The summed E-state index contributed by atoms with van der Waals surface area (Å²) in [4.78, 5) is 11.4. The van der Waals surface area contributed by atoms with Gasteiger partial charge in [0.25, 0.3) is 0 Å². The second-order valence-electron chi connectivity index (χ2n) is 3.42. The van der Waals surface area contributed by atoms with Crippen LogP contribution in [0.2, 0.25) is 0 Å². The molecular formula is C12H16FNO2. The Hall–Kier alpha value is -1.58. The first-order chi connectivity index (χ1) is 7.76. The Balaban J connectivity index is 2.37. The molecule has 4 heteroatoms. The number of alkyl halides is 1. The Morgan fingerprint density at radius 2 is 2.00 bits per heavy atom. The minimum Gasteiger partial charge on any atom is -0.497 e. The summed E-state index contributed by atoms with van der Waals surface area (Å²) in [5, 5.41) is 2.74. The molecule has 0 aliphatic rings. The van der Waals surface area contributed by atoms with Crippen LogP contribution in [-0.4, -0.2) is 19.7 Å². The van der Waals surface area contributed by atoms with Gasteiger partial charge in [0.1, 0.15) is 5.75 Å². The fraction of sp³-hybridized carbons (Fsp3) is 0.417. The third kappa shape index (κ3) is 4.29. The van der Waals surface area contributed by atoms with E-state index in [4.69, 9.17) is 4.74 Å².